The van der Waals surface area contributed by atoms with Crippen LogP contribution in [-0.2, 0) is 19.2 Å². The van der Waals surface area contributed by atoms with E-state index in [0.717, 1.165) is 5.06 Å². The van der Waals surface area contributed by atoms with E-state index in [1.54, 1.807) is 0 Å². The monoisotopic (exact) mass is 397 g/mol. The fourth-order valence-electron chi connectivity index (χ4n) is 5.44. The Balaban J connectivity index is 1.65. The van der Waals surface area contributed by atoms with Crippen LogP contribution in [0.25, 0.3) is 0 Å². The van der Waals surface area contributed by atoms with Crippen molar-refractivity contribution in [1.29, 1.82) is 0 Å². The van der Waals surface area contributed by atoms with E-state index < -0.39 is 33.8 Å². The van der Waals surface area contributed by atoms with E-state index in [-0.39, 0.29) is 23.7 Å². The maximum absolute atomic E-state index is 12.5. The van der Waals surface area contributed by atoms with E-state index in [9.17, 15) is 9.59 Å². The SMILES string of the molecule is CON1C(=O)[C@@H]2[C@H]3O[C@@H]([C@@H]2C1=O)[C@@H]1[C@@H]3[C@@]2(Cl)C[C@@]1(Cl)C(Cl)=C2Cl. The van der Waals surface area contributed by atoms with Crippen LogP contribution in [0, 0.1) is 23.7 Å². The van der Waals surface area contributed by atoms with Crippen molar-refractivity contribution in [2.75, 3.05) is 7.11 Å². The highest BCUT2D eigenvalue weighted by Gasteiger charge is 2.81. The summed E-state index contributed by atoms with van der Waals surface area (Å²) in [5.41, 5.74) is 0. The summed E-state index contributed by atoms with van der Waals surface area (Å²) >= 11 is 26.3. The average Bonchev–Trinajstić information content (AvgIpc) is 3.21. The Bertz CT molecular complexity index is 659. The Morgan fingerprint density at radius 2 is 1.48 bits per heavy atom. The minimum Gasteiger partial charge on any atom is -0.373 e. The van der Waals surface area contributed by atoms with Crippen LogP contribution in [0.3, 0.4) is 0 Å². The van der Waals surface area contributed by atoms with E-state index in [1.807, 2.05) is 0 Å². The van der Waals surface area contributed by atoms with Crippen molar-refractivity contribution in [3.05, 3.63) is 10.1 Å². The summed E-state index contributed by atoms with van der Waals surface area (Å²) in [6, 6.07) is 0. The Labute approximate surface area is 151 Å². The Kier molecular flexibility index (Phi) is 2.78. The predicted molar refractivity (Wildman–Crippen MR) is 82.0 cm³/mol. The van der Waals surface area contributed by atoms with Gasteiger partial charge in [0.15, 0.2) is 0 Å². The number of nitrogens with zero attached hydrogens (tertiary/aromatic N) is 1. The molecule has 1 saturated carbocycles. The summed E-state index contributed by atoms with van der Waals surface area (Å²) in [5.74, 6) is -2.43. The standard InChI is InChI=1S/C14H11Cl4NO4/c1-22-19-11(20)3-4(12(19)21)8-6-5(7(3)23-8)13(17)2-14(6,18)10(16)9(13)15/h3-8H,2H2,1H3/t3-,4+,5-,6-,7+,8-,13-,14-/m0/s1. The lowest BCUT2D eigenvalue weighted by atomic mass is 9.65. The van der Waals surface area contributed by atoms with Gasteiger partial charge in [0.25, 0.3) is 11.8 Å². The number of carbonyl (C=O) groups is 2. The molecule has 0 spiro atoms. The summed E-state index contributed by atoms with van der Waals surface area (Å²) < 4.78 is 6.01. The first-order valence-corrected chi connectivity index (χ1v) is 8.80. The number of imide groups is 1. The summed E-state index contributed by atoms with van der Waals surface area (Å²) in [6.07, 6.45) is -0.603. The number of amides is 2. The second-order valence-electron chi connectivity index (χ2n) is 6.85. The molecule has 2 aliphatic carbocycles. The van der Waals surface area contributed by atoms with Crippen LogP contribution in [0.15, 0.2) is 10.1 Å². The van der Waals surface area contributed by atoms with Crippen molar-refractivity contribution in [3.8, 4) is 0 Å². The number of hydrogen-bond donors (Lipinski definition) is 0. The molecule has 4 fully saturated rings. The van der Waals surface area contributed by atoms with Gasteiger partial charge in [0.1, 0.15) is 0 Å². The van der Waals surface area contributed by atoms with E-state index in [1.165, 1.54) is 7.11 Å². The van der Waals surface area contributed by atoms with Gasteiger partial charge in [0, 0.05) is 11.8 Å². The molecule has 2 amide bonds. The number of alkyl halides is 2. The fourth-order valence-corrected chi connectivity index (χ4v) is 7.46. The molecular formula is C14H11Cl4NO4. The fraction of sp³-hybridized carbons (Fsp3) is 0.714. The molecule has 124 valence electrons. The first kappa shape index (κ1) is 15.2. The van der Waals surface area contributed by atoms with E-state index in [4.69, 9.17) is 56.0 Å². The Morgan fingerprint density at radius 1 is 1.04 bits per heavy atom. The van der Waals surface area contributed by atoms with Crippen LogP contribution >= 0.6 is 46.4 Å². The van der Waals surface area contributed by atoms with Crippen molar-refractivity contribution in [3.63, 3.8) is 0 Å². The van der Waals surface area contributed by atoms with Gasteiger partial charge in [-0.15, -0.1) is 23.2 Å². The maximum Gasteiger partial charge on any atom is 0.260 e. The number of rotatable bonds is 1. The number of halogens is 4. The molecule has 9 heteroatoms. The van der Waals surface area contributed by atoms with Crippen molar-refractivity contribution in [1.82, 2.24) is 5.06 Å². The number of hydrogen-bond acceptors (Lipinski definition) is 4. The second kappa shape index (κ2) is 4.19. The van der Waals surface area contributed by atoms with Gasteiger partial charge in [-0.25, -0.2) is 0 Å². The molecule has 0 aromatic carbocycles. The van der Waals surface area contributed by atoms with Gasteiger partial charge in [0.05, 0.1) is 51.0 Å². The molecule has 0 aromatic rings. The van der Waals surface area contributed by atoms with Crippen LogP contribution in [-0.4, -0.2) is 45.9 Å². The number of carbonyl (C=O) groups excluding carboxylic acids is 2. The van der Waals surface area contributed by atoms with Gasteiger partial charge in [-0.1, -0.05) is 23.2 Å². The first-order valence-electron chi connectivity index (χ1n) is 7.29. The Morgan fingerprint density at radius 3 is 1.87 bits per heavy atom. The zero-order chi connectivity index (χ0) is 16.5. The molecule has 8 atom stereocenters. The lowest BCUT2D eigenvalue weighted by Crippen LogP contribution is -2.50. The largest absolute Gasteiger partial charge is 0.373 e. The van der Waals surface area contributed by atoms with Gasteiger partial charge in [-0.05, 0) is 6.42 Å². The van der Waals surface area contributed by atoms with Crippen LogP contribution in [0.5, 0.6) is 0 Å². The normalized spacial score (nSPS) is 56.1. The Hall–Kier alpha value is -0.0400. The number of ether oxygens (including phenoxy) is 1. The van der Waals surface area contributed by atoms with Crippen molar-refractivity contribution < 1.29 is 19.2 Å². The molecule has 5 rings (SSSR count). The molecule has 0 radical (unpaired) electrons. The topological polar surface area (TPSA) is 55.8 Å². The van der Waals surface area contributed by atoms with Crippen LogP contribution in [0.4, 0.5) is 0 Å². The molecule has 5 nitrogen and oxygen atoms in total. The van der Waals surface area contributed by atoms with Gasteiger partial charge >= 0.3 is 0 Å². The van der Waals surface area contributed by atoms with Gasteiger partial charge < -0.3 is 4.74 Å². The minimum absolute atomic E-state index is 0.239. The van der Waals surface area contributed by atoms with E-state index in [0.29, 0.717) is 16.5 Å². The molecule has 5 aliphatic rings. The predicted octanol–water partition coefficient (Wildman–Crippen LogP) is 2.22. The maximum atomic E-state index is 12.5. The highest BCUT2D eigenvalue weighted by atomic mass is 35.5. The zero-order valence-corrected chi connectivity index (χ0v) is 14.8. The molecule has 0 N–H and O–H groups in total. The van der Waals surface area contributed by atoms with Crippen molar-refractivity contribution in [2.45, 2.75) is 28.4 Å². The molecule has 3 heterocycles. The molecule has 0 aromatic heterocycles. The summed E-state index contributed by atoms with van der Waals surface area (Å²) in [6.45, 7) is 0. The lowest BCUT2D eigenvalue weighted by Gasteiger charge is -2.40. The third kappa shape index (κ3) is 1.37. The summed E-state index contributed by atoms with van der Waals surface area (Å²) in [4.78, 5) is 28.1. The smallest absolute Gasteiger partial charge is 0.260 e. The van der Waals surface area contributed by atoms with Gasteiger partial charge in [-0.2, -0.15) is 5.06 Å². The zero-order valence-electron chi connectivity index (χ0n) is 11.8. The molecule has 23 heavy (non-hydrogen) atoms. The number of hydroxylamine groups is 2. The number of fused-ring (bicyclic) bond motifs is 12. The van der Waals surface area contributed by atoms with Gasteiger partial charge in [-0.3, -0.25) is 14.4 Å². The minimum atomic E-state index is -0.931. The van der Waals surface area contributed by atoms with Crippen molar-refractivity contribution in [2.24, 2.45) is 23.7 Å². The number of allylic oxidation sites excluding steroid dienone is 2. The van der Waals surface area contributed by atoms with Crippen LogP contribution in [0.1, 0.15) is 6.42 Å². The molecular weight excluding hydrogens is 388 g/mol. The molecule has 3 saturated heterocycles. The third-order valence-corrected chi connectivity index (χ3v) is 8.64. The lowest BCUT2D eigenvalue weighted by molar-refractivity contribution is -0.184. The average molecular weight is 399 g/mol. The molecule has 0 unspecified atom stereocenters. The third-order valence-electron chi connectivity index (χ3n) is 6.15. The summed E-state index contributed by atoms with van der Waals surface area (Å²) in [7, 11) is 1.30. The van der Waals surface area contributed by atoms with Gasteiger partial charge in [0.2, 0.25) is 0 Å². The first-order chi connectivity index (χ1) is 10.8. The van der Waals surface area contributed by atoms with Crippen molar-refractivity contribution >= 4 is 58.2 Å². The molecule has 3 aliphatic heterocycles. The highest BCUT2D eigenvalue weighted by Crippen LogP contribution is 2.75. The van der Waals surface area contributed by atoms with Crippen LogP contribution < -0.4 is 0 Å². The summed E-state index contributed by atoms with van der Waals surface area (Å²) in [5, 5.41) is 1.49. The van der Waals surface area contributed by atoms with Crippen LogP contribution in [0.2, 0.25) is 0 Å². The highest BCUT2D eigenvalue weighted by molar-refractivity contribution is 6.51. The quantitative estimate of drug-likeness (QED) is 0.502. The second-order valence-corrected chi connectivity index (χ2v) is 8.96. The van der Waals surface area contributed by atoms with E-state index in [2.05, 4.69) is 0 Å². The van der Waals surface area contributed by atoms with E-state index >= 15 is 0 Å². The molecule has 4 bridgehead atoms.